The molecule has 1 N–H and O–H groups in total. The molecule has 2 aromatic rings. The first-order valence-corrected chi connectivity index (χ1v) is 8.95. The zero-order valence-electron chi connectivity index (χ0n) is 12.0. The average Bonchev–Trinajstić information content (AvgIpc) is 2.42. The maximum atomic E-state index is 11.4. The van der Waals surface area contributed by atoms with E-state index < -0.39 is 9.84 Å². The lowest BCUT2D eigenvalue weighted by molar-refractivity contribution is 0.530. The number of nitrogens with one attached hydrogen (secondary N) is 1. The van der Waals surface area contributed by atoms with Gasteiger partial charge in [-0.15, -0.1) is 0 Å². The van der Waals surface area contributed by atoms with E-state index in [2.05, 4.69) is 35.6 Å². The molecular formula is C16H21NO2S. The van der Waals surface area contributed by atoms with Gasteiger partial charge in [-0.2, -0.15) is 0 Å². The monoisotopic (exact) mass is 291 g/mol. The van der Waals surface area contributed by atoms with Gasteiger partial charge in [0.25, 0.3) is 0 Å². The van der Waals surface area contributed by atoms with Gasteiger partial charge in [-0.3, -0.25) is 0 Å². The highest BCUT2D eigenvalue weighted by Gasteiger charge is 2.13. The smallest absolute Gasteiger partial charge is 0.147 e. The third-order valence-corrected chi connectivity index (χ3v) is 4.38. The summed E-state index contributed by atoms with van der Waals surface area (Å²) < 4.78 is 22.7. The van der Waals surface area contributed by atoms with E-state index in [-0.39, 0.29) is 11.8 Å². The number of benzene rings is 2. The van der Waals surface area contributed by atoms with Crippen molar-refractivity contribution < 1.29 is 8.42 Å². The van der Waals surface area contributed by atoms with Crippen LogP contribution >= 0.6 is 0 Å². The van der Waals surface area contributed by atoms with Gasteiger partial charge >= 0.3 is 0 Å². The lowest BCUT2D eigenvalue weighted by Crippen LogP contribution is -2.23. The number of hydrogen-bond acceptors (Lipinski definition) is 3. The minimum absolute atomic E-state index is 0.0827. The lowest BCUT2D eigenvalue weighted by atomic mass is 10.0. The molecule has 0 heterocycles. The Hall–Kier alpha value is -1.39. The Kier molecular flexibility index (Phi) is 4.78. The summed E-state index contributed by atoms with van der Waals surface area (Å²) in [7, 11) is -2.93. The first kappa shape index (κ1) is 15.0. The van der Waals surface area contributed by atoms with E-state index in [4.69, 9.17) is 0 Å². The third-order valence-electron chi connectivity index (χ3n) is 3.40. The molecule has 0 fully saturated rings. The lowest BCUT2D eigenvalue weighted by Gasteiger charge is -2.18. The van der Waals surface area contributed by atoms with Gasteiger partial charge in [-0.05, 0) is 35.4 Å². The molecule has 0 bridgehead atoms. The summed E-state index contributed by atoms with van der Waals surface area (Å²) in [5.74, 6) is 0.206. The summed E-state index contributed by atoms with van der Waals surface area (Å²) in [6, 6.07) is 14.6. The van der Waals surface area contributed by atoms with Crippen LogP contribution in [0.5, 0.6) is 0 Å². The van der Waals surface area contributed by atoms with Gasteiger partial charge in [0.05, 0.1) is 5.75 Å². The Morgan fingerprint density at radius 2 is 1.80 bits per heavy atom. The van der Waals surface area contributed by atoms with Crippen LogP contribution in [0.2, 0.25) is 0 Å². The Morgan fingerprint density at radius 1 is 1.10 bits per heavy atom. The van der Waals surface area contributed by atoms with Gasteiger partial charge in [0.1, 0.15) is 9.84 Å². The zero-order valence-corrected chi connectivity index (χ0v) is 12.8. The van der Waals surface area contributed by atoms with E-state index in [9.17, 15) is 8.42 Å². The highest BCUT2D eigenvalue weighted by Crippen LogP contribution is 2.22. The summed E-state index contributed by atoms with van der Waals surface area (Å²) in [5, 5.41) is 5.76. The second-order valence-corrected chi connectivity index (χ2v) is 7.40. The molecule has 2 aromatic carbocycles. The quantitative estimate of drug-likeness (QED) is 0.890. The van der Waals surface area contributed by atoms with Crippen molar-refractivity contribution in [2.75, 3.05) is 18.6 Å². The van der Waals surface area contributed by atoms with Crippen molar-refractivity contribution in [1.29, 1.82) is 0 Å². The minimum Gasteiger partial charge on any atom is -0.310 e. The van der Waals surface area contributed by atoms with Crippen molar-refractivity contribution in [2.45, 2.75) is 19.4 Å². The van der Waals surface area contributed by atoms with Crippen molar-refractivity contribution in [3.05, 3.63) is 48.0 Å². The van der Waals surface area contributed by atoms with Gasteiger partial charge in [0.15, 0.2) is 0 Å². The molecule has 0 spiro atoms. The topological polar surface area (TPSA) is 46.2 Å². The molecule has 3 nitrogen and oxygen atoms in total. The van der Waals surface area contributed by atoms with Crippen LogP contribution in [0.1, 0.15) is 24.9 Å². The van der Waals surface area contributed by atoms with Crippen LogP contribution < -0.4 is 5.32 Å². The van der Waals surface area contributed by atoms with E-state index in [1.54, 1.807) is 0 Å². The van der Waals surface area contributed by atoms with Crippen molar-refractivity contribution in [3.8, 4) is 0 Å². The van der Waals surface area contributed by atoms with Gasteiger partial charge in [-0.1, -0.05) is 43.3 Å². The van der Waals surface area contributed by atoms with Crippen LogP contribution in [0.4, 0.5) is 0 Å². The molecule has 4 heteroatoms. The van der Waals surface area contributed by atoms with Crippen LogP contribution in [0.3, 0.4) is 0 Å². The predicted molar refractivity (Wildman–Crippen MR) is 84.7 cm³/mol. The Bertz CT molecular complexity index is 680. The molecule has 2 rings (SSSR count). The zero-order chi connectivity index (χ0) is 14.6. The second-order valence-electron chi connectivity index (χ2n) is 5.14. The fraction of sp³-hybridized carbons (Fsp3) is 0.375. The molecule has 1 atom stereocenters. The molecule has 20 heavy (non-hydrogen) atoms. The molecule has 0 aliphatic carbocycles. The summed E-state index contributed by atoms with van der Waals surface area (Å²) in [5.41, 5.74) is 1.15. The number of rotatable bonds is 6. The van der Waals surface area contributed by atoms with Crippen LogP contribution in [0.15, 0.2) is 42.5 Å². The summed E-state index contributed by atoms with van der Waals surface area (Å²) in [4.78, 5) is 0. The predicted octanol–water partition coefficient (Wildman–Crippen LogP) is 2.93. The standard InChI is InChI=1S/C16H21NO2S/c1-3-17-16(10-11-20(2,18)19)15-9-8-13-6-4-5-7-14(13)12-15/h4-9,12,16-17H,3,10-11H2,1-2H3. The molecular weight excluding hydrogens is 270 g/mol. The number of sulfone groups is 1. The maximum Gasteiger partial charge on any atom is 0.147 e. The first-order valence-electron chi connectivity index (χ1n) is 6.89. The Balaban J connectivity index is 2.26. The molecule has 0 saturated carbocycles. The third kappa shape index (κ3) is 4.05. The molecule has 108 valence electrons. The van der Waals surface area contributed by atoms with E-state index in [0.29, 0.717) is 6.42 Å². The van der Waals surface area contributed by atoms with Crippen LogP contribution in [-0.2, 0) is 9.84 Å². The van der Waals surface area contributed by atoms with Gasteiger partial charge in [-0.25, -0.2) is 8.42 Å². The van der Waals surface area contributed by atoms with Crippen LogP contribution in [0.25, 0.3) is 10.8 Å². The maximum absolute atomic E-state index is 11.4. The summed E-state index contributed by atoms with van der Waals surface area (Å²) >= 11 is 0. The first-order chi connectivity index (χ1) is 9.49. The molecule has 0 aromatic heterocycles. The van der Waals surface area contributed by atoms with E-state index >= 15 is 0 Å². The Morgan fingerprint density at radius 3 is 2.45 bits per heavy atom. The second kappa shape index (κ2) is 6.37. The number of fused-ring (bicyclic) bond motifs is 1. The van der Waals surface area contributed by atoms with Gasteiger partial charge in [0, 0.05) is 12.3 Å². The molecule has 0 aliphatic rings. The molecule has 1 unspecified atom stereocenters. The molecule has 0 radical (unpaired) electrons. The summed E-state index contributed by atoms with van der Waals surface area (Å²) in [6.07, 6.45) is 1.89. The average molecular weight is 291 g/mol. The van der Waals surface area contributed by atoms with Crippen LogP contribution in [-0.4, -0.2) is 27.0 Å². The fourth-order valence-corrected chi connectivity index (χ4v) is 3.05. The van der Waals surface area contributed by atoms with Gasteiger partial charge in [0.2, 0.25) is 0 Å². The van der Waals surface area contributed by atoms with Crippen molar-refractivity contribution >= 4 is 20.6 Å². The van der Waals surface area contributed by atoms with Gasteiger partial charge < -0.3 is 5.32 Å². The minimum atomic E-state index is -2.93. The highest BCUT2D eigenvalue weighted by molar-refractivity contribution is 7.90. The van der Waals surface area contributed by atoms with Crippen molar-refractivity contribution in [1.82, 2.24) is 5.32 Å². The van der Waals surface area contributed by atoms with Crippen molar-refractivity contribution in [3.63, 3.8) is 0 Å². The fourth-order valence-electron chi connectivity index (χ4n) is 2.39. The van der Waals surface area contributed by atoms with Crippen molar-refractivity contribution in [2.24, 2.45) is 0 Å². The summed E-state index contributed by atoms with van der Waals surface area (Å²) in [6.45, 7) is 2.86. The van der Waals surface area contributed by atoms with E-state index in [1.165, 1.54) is 17.0 Å². The Labute approximate surface area is 120 Å². The highest BCUT2D eigenvalue weighted by atomic mass is 32.2. The molecule has 0 amide bonds. The molecule has 0 aliphatic heterocycles. The SMILES string of the molecule is CCNC(CCS(C)(=O)=O)c1ccc2ccccc2c1. The normalized spacial score (nSPS) is 13.5. The molecule has 0 saturated heterocycles. The van der Waals surface area contributed by atoms with Crippen LogP contribution in [0, 0.1) is 0 Å². The van der Waals surface area contributed by atoms with E-state index in [0.717, 1.165) is 12.1 Å². The van der Waals surface area contributed by atoms with E-state index in [1.807, 2.05) is 19.1 Å². The largest absolute Gasteiger partial charge is 0.310 e. The number of hydrogen-bond donors (Lipinski definition) is 1.